The smallest absolute Gasteiger partial charge is 0.230 e. The molecule has 1 aliphatic carbocycles. The molecule has 0 aromatic heterocycles. The van der Waals surface area contributed by atoms with Crippen LogP contribution in [0.2, 0.25) is 0 Å². The number of Topliss-reactive ketones (excluding diaryl/α,β-unsaturated/α-hetero) is 1. The molecule has 27 heavy (non-hydrogen) atoms. The van der Waals surface area contributed by atoms with Gasteiger partial charge in [0.25, 0.3) is 0 Å². The van der Waals surface area contributed by atoms with Crippen molar-refractivity contribution in [2.75, 3.05) is 12.3 Å². The van der Waals surface area contributed by atoms with Gasteiger partial charge in [-0.1, -0.05) is 49.2 Å². The number of hydrogen-bond acceptors (Lipinski definition) is 3. The summed E-state index contributed by atoms with van der Waals surface area (Å²) < 4.78 is 14.1. The van der Waals surface area contributed by atoms with Crippen LogP contribution in [0.5, 0.6) is 0 Å². The average Bonchev–Trinajstić information content (AvgIpc) is 3.16. The van der Waals surface area contributed by atoms with Crippen LogP contribution in [-0.4, -0.2) is 24.0 Å². The molecule has 1 saturated carbocycles. The van der Waals surface area contributed by atoms with Crippen LogP contribution in [0.1, 0.15) is 48.5 Å². The van der Waals surface area contributed by atoms with Gasteiger partial charge in [0.2, 0.25) is 5.91 Å². The number of ketones is 1. The van der Waals surface area contributed by atoms with Crippen LogP contribution in [0.3, 0.4) is 0 Å². The van der Waals surface area contributed by atoms with Gasteiger partial charge in [-0.05, 0) is 37.5 Å². The molecular formula is C22H24FNO2S. The lowest BCUT2D eigenvalue weighted by atomic mass is 9.79. The topological polar surface area (TPSA) is 46.2 Å². The Labute approximate surface area is 163 Å². The van der Waals surface area contributed by atoms with E-state index in [0.717, 1.165) is 24.6 Å². The molecule has 1 fully saturated rings. The zero-order chi connectivity index (χ0) is 19.3. The number of benzene rings is 2. The Kier molecular flexibility index (Phi) is 6.32. The van der Waals surface area contributed by atoms with Gasteiger partial charge in [0.05, 0.1) is 5.75 Å². The molecule has 1 N–H and O–H groups in total. The predicted octanol–water partition coefficient (Wildman–Crippen LogP) is 4.75. The molecule has 0 radical (unpaired) electrons. The van der Waals surface area contributed by atoms with Gasteiger partial charge in [0, 0.05) is 22.4 Å². The molecule has 1 amide bonds. The Morgan fingerprint density at radius 1 is 1.11 bits per heavy atom. The summed E-state index contributed by atoms with van der Waals surface area (Å²) >= 11 is 1.15. The highest BCUT2D eigenvalue weighted by molar-refractivity contribution is 8.00. The standard InChI is InChI=1S/C22H24FNO2S/c1-16(25)17-9-10-20(19(23)13-17)27-14-21(26)24-15-22(11-5-6-12-22)18-7-3-2-4-8-18/h2-4,7-10,13H,5-6,11-12,14-15H2,1H3,(H,24,26). The highest BCUT2D eigenvalue weighted by Crippen LogP contribution is 2.40. The molecule has 3 nitrogen and oxygen atoms in total. The molecular weight excluding hydrogens is 361 g/mol. The number of thioether (sulfide) groups is 1. The fourth-order valence-corrected chi connectivity index (χ4v) is 4.46. The minimum Gasteiger partial charge on any atom is -0.354 e. The zero-order valence-electron chi connectivity index (χ0n) is 15.5. The number of halogens is 1. The first kappa shape index (κ1) is 19.6. The molecule has 0 unspecified atom stereocenters. The molecule has 2 aromatic rings. The first-order chi connectivity index (χ1) is 13.0. The summed E-state index contributed by atoms with van der Waals surface area (Å²) in [7, 11) is 0. The van der Waals surface area contributed by atoms with Crippen molar-refractivity contribution in [1.82, 2.24) is 5.32 Å². The minimum absolute atomic E-state index is 0.00989. The quantitative estimate of drug-likeness (QED) is 0.553. The van der Waals surface area contributed by atoms with Gasteiger partial charge in [-0.3, -0.25) is 9.59 Å². The summed E-state index contributed by atoms with van der Waals surface area (Å²) in [5.74, 6) is -0.582. The SMILES string of the molecule is CC(=O)c1ccc(SCC(=O)NCC2(c3ccccc3)CCCC2)c(F)c1. The van der Waals surface area contributed by atoms with E-state index in [1.54, 1.807) is 12.1 Å². The van der Waals surface area contributed by atoms with E-state index >= 15 is 0 Å². The van der Waals surface area contributed by atoms with Gasteiger partial charge in [-0.2, -0.15) is 0 Å². The predicted molar refractivity (Wildman–Crippen MR) is 107 cm³/mol. The Balaban J connectivity index is 1.57. The number of amides is 1. The third kappa shape index (κ3) is 4.78. The van der Waals surface area contributed by atoms with Gasteiger partial charge in [-0.15, -0.1) is 11.8 Å². The third-order valence-corrected chi connectivity index (χ3v) is 6.32. The highest BCUT2D eigenvalue weighted by atomic mass is 32.2. The van der Waals surface area contributed by atoms with Crippen LogP contribution in [0.25, 0.3) is 0 Å². The Morgan fingerprint density at radius 3 is 2.44 bits per heavy atom. The largest absolute Gasteiger partial charge is 0.354 e. The van der Waals surface area contributed by atoms with Crippen LogP contribution in [0.15, 0.2) is 53.4 Å². The number of hydrogen-bond donors (Lipinski definition) is 1. The Hall–Kier alpha value is -2.14. The van der Waals surface area contributed by atoms with E-state index in [4.69, 9.17) is 0 Å². The number of nitrogens with one attached hydrogen (secondary N) is 1. The second-order valence-electron chi connectivity index (χ2n) is 7.12. The van der Waals surface area contributed by atoms with Crippen molar-refractivity contribution in [1.29, 1.82) is 0 Å². The molecule has 0 heterocycles. The van der Waals surface area contributed by atoms with Crippen LogP contribution in [0, 0.1) is 5.82 Å². The minimum atomic E-state index is -0.461. The van der Waals surface area contributed by atoms with Crippen molar-refractivity contribution in [2.45, 2.75) is 42.9 Å². The second-order valence-corrected chi connectivity index (χ2v) is 8.14. The van der Waals surface area contributed by atoms with Crippen molar-refractivity contribution in [3.63, 3.8) is 0 Å². The van der Waals surface area contributed by atoms with E-state index in [0.29, 0.717) is 17.0 Å². The Morgan fingerprint density at radius 2 is 1.81 bits per heavy atom. The summed E-state index contributed by atoms with van der Waals surface area (Å²) in [6.07, 6.45) is 4.50. The summed E-state index contributed by atoms with van der Waals surface area (Å²) in [6.45, 7) is 2.02. The molecule has 5 heteroatoms. The fraction of sp³-hybridized carbons (Fsp3) is 0.364. The molecule has 0 aliphatic heterocycles. The van der Waals surface area contributed by atoms with Crippen molar-refractivity contribution in [3.8, 4) is 0 Å². The highest BCUT2D eigenvalue weighted by Gasteiger charge is 2.35. The van der Waals surface area contributed by atoms with Crippen LogP contribution in [0.4, 0.5) is 4.39 Å². The van der Waals surface area contributed by atoms with Crippen LogP contribution in [-0.2, 0) is 10.2 Å². The summed E-state index contributed by atoms with van der Waals surface area (Å²) in [6, 6.07) is 14.7. The first-order valence-corrected chi connectivity index (χ1v) is 10.2. The number of carbonyl (C=O) groups excluding carboxylic acids is 2. The molecule has 0 saturated heterocycles. The van der Waals surface area contributed by atoms with Gasteiger partial charge in [-0.25, -0.2) is 4.39 Å². The monoisotopic (exact) mass is 385 g/mol. The van der Waals surface area contributed by atoms with Crippen molar-refractivity contribution in [3.05, 3.63) is 65.5 Å². The number of rotatable bonds is 7. The Bertz CT molecular complexity index is 816. The van der Waals surface area contributed by atoms with Gasteiger partial charge >= 0.3 is 0 Å². The van der Waals surface area contributed by atoms with Gasteiger partial charge < -0.3 is 5.32 Å². The molecule has 142 valence electrons. The van der Waals surface area contributed by atoms with Gasteiger partial charge in [0.15, 0.2) is 5.78 Å². The molecule has 0 atom stereocenters. The molecule has 3 rings (SSSR count). The van der Waals surface area contributed by atoms with E-state index < -0.39 is 5.82 Å². The summed E-state index contributed by atoms with van der Waals surface area (Å²) in [4.78, 5) is 24.0. The van der Waals surface area contributed by atoms with E-state index in [2.05, 4.69) is 17.4 Å². The molecule has 0 bridgehead atoms. The summed E-state index contributed by atoms with van der Waals surface area (Å²) in [5.41, 5.74) is 1.63. The normalized spacial score (nSPS) is 15.5. The average molecular weight is 386 g/mol. The van der Waals surface area contributed by atoms with Gasteiger partial charge in [0.1, 0.15) is 5.82 Å². The summed E-state index contributed by atoms with van der Waals surface area (Å²) in [5, 5.41) is 3.05. The number of carbonyl (C=O) groups is 2. The lowest BCUT2D eigenvalue weighted by molar-refractivity contribution is -0.118. The first-order valence-electron chi connectivity index (χ1n) is 9.26. The molecule has 2 aromatic carbocycles. The van der Waals surface area contributed by atoms with Crippen molar-refractivity contribution < 1.29 is 14.0 Å². The van der Waals surface area contributed by atoms with Crippen LogP contribution >= 0.6 is 11.8 Å². The second kappa shape index (κ2) is 8.70. The maximum atomic E-state index is 14.1. The van der Waals surface area contributed by atoms with Crippen molar-refractivity contribution in [2.24, 2.45) is 0 Å². The molecule has 1 aliphatic rings. The fourth-order valence-electron chi connectivity index (χ4n) is 3.71. The maximum absolute atomic E-state index is 14.1. The van der Waals surface area contributed by atoms with E-state index in [-0.39, 0.29) is 22.9 Å². The molecule has 0 spiro atoms. The van der Waals surface area contributed by atoms with E-state index in [1.807, 2.05) is 18.2 Å². The zero-order valence-corrected chi connectivity index (χ0v) is 16.3. The van der Waals surface area contributed by atoms with Crippen LogP contribution < -0.4 is 5.32 Å². The lowest BCUT2D eigenvalue weighted by Crippen LogP contribution is -2.39. The third-order valence-electron chi connectivity index (χ3n) is 5.27. The van der Waals surface area contributed by atoms with Crippen molar-refractivity contribution >= 4 is 23.5 Å². The lowest BCUT2D eigenvalue weighted by Gasteiger charge is -2.30. The van der Waals surface area contributed by atoms with E-state index in [9.17, 15) is 14.0 Å². The maximum Gasteiger partial charge on any atom is 0.230 e. The van der Waals surface area contributed by atoms with E-state index in [1.165, 1.54) is 31.4 Å².